The lowest BCUT2D eigenvalue weighted by molar-refractivity contribution is -0.121. The average molecular weight is 382 g/mol. The third kappa shape index (κ3) is 4.19. The fourth-order valence-corrected chi connectivity index (χ4v) is 3.80. The van der Waals surface area contributed by atoms with Gasteiger partial charge < -0.3 is 5.32 Å². The van der Waals surface area contributed by atoms with Crippen molar-refractivity contribution in [1.82, 2.24) is 19.7 Å². The minimum absolute atomic E-state index is 0.00740. The second kappa shape index (κ2) is 7.92. The number of aromatic nitrogens is 3. The summed E-state index contributed by atoms with van der Waals surface area (Å²) in [6.07, 6.45) is 3.21. The highest BCUT2D eigenvalue weighted by atomic mass is 32.1. The van der Waals surface area contributed by atoms with Crippen LogP contribution in [0.1, 0.15) is 30.9 Å². The number of nitrogens with zero attached hydrogens (tertiary/aromatic N) is 3. The van der Waals surface area contributed by atoms with E-state index in [1.807, 2.05) is 52.4 Å². The Labute approximate surface area is 161 Å². The van der Waals surface area contributed by atoms with Gasteiger partial charge in [0.1, 0.15) is 0 Å². The number of thiophene rings is 1. The number of amides is 1. The second-order valence-corrected chi connectivity index (χ2v) is 7.69. The van der Waals surface area contributed by atoms with Crippen molar-refractivity contribution in [3.8, 4) is 10.7 Å². The van der Waals surface area contributed by atoms with Crippen LogP contribution in [0.5, 0.6) is 0 Å². The molecule has 27 heavy (non-hydrogen) atoms. The molecule has 1 aliphatic rings. The quantitative estimate of drug-likeness (QED) is 0.651. The lowest BCUT2D eigenvalue weighted by Gasteiger charge is -2.05. The molecule has 1 amide bonds. The highest BCUT2D eigenvalue weighted by molar-refractivity contribution is 7.13. The second-order valence-electron chi connectivity index (χ2n) is 6.74. The first-order chi connectivity index (χ1) is 13.2. The van der Waals surface area contributed by atoms with E-state index in [1.165, 1.54) is 4.68 Å². The number of hydrogen-bond acceptors (Lipinski definition) is 4. The molecule has 1 fully saturated rings. The average Bonchev–Trinajstić information content (AvgIpc) is 3.26. The number of rotatable bonds is 8. The van der Waals surface area contributed by atoms with Crippen LogP contribution in [0.25, 0.3) is 10.7 Å². The fraction of sp³-hybridized carbons (Fsp3) is 0.350. The van der Waals surface area contributed by atoms with Crippen molar-refractivity contribution in [2.24, 2.45) is 0 Å². The van der Waals surface area contributed by atoms with E-state index in [4.69, 9.17) is 0 Å². The van der Waals surface area contributed by atoms with Gasteiger partial charge >= 0.3 is 5.69 Å². The Kier molecular flexibility index (Phi) is 5.20. The maximum atomic E-state index is 12.7. The van der Waals surface area contributed by atoms with Crippen LogP contribution in [0.15, 0.2) is 52.6 Å². The van der Waals surface area contributed by atoms with E-state index in [-0.39, 0.29) is 17.6 Å². The largest absolute Gasteiger partial charge is 0.354 e. The summed E-state index contributed by atoms with van der Waals surface area (Å²) in [5.41, 5.74) is 1.06. The van der Waals surface area contributed by atoms with E-state index in [0.29, 0.717) is 25.9 Å². The maximum absolute atomic E-state index is 12.7. The normalized spacial score (nSPS) is 13.6. The van der Waals surface area contributed by atoms with Gasteiger partial charge in [0.25, 0.3) is 0 Å². The Morgan fingerprint density at radius 2 is 2.00 bits per heavy atom. The summed E-state index contributed by atoms with van der Waals surface area (Å²) in [4.78, 5) is 25.8. The van der Waals surface area contributed by atoms with Gasteiger partial charge in [0.2, 0.25) is 5.91 Å². The van der Waals surface area contributed by atoms with Gasteiger partial charge in [-0.2, -0.15) is 0 Å². The Morgan fingerprint density at radius 3 is 2.70 bits per heavy atom. The number of benzene rings is 1. The monoisotopic (exact) mass is 382 g/mol. The number of carbonyl (C=O) groups is 1. The van der Waals surface area contributed by atoms with Crippen LogP contribution < -0.4 is 11.0 Å². The summed E-state index contributed by atoms with van der Waals surface area (Å²) in [5.74, 6) is 0.736. The fourth-order valence-electron chi connectivity index (χ4n) is 3.09. The van der Waals surface area contributed by atoms with Crippen molar-refractivity contribution in [2.45, 2.75) is 38.3 Å². The predicted molar refractivity (Wildman–Crippen MR) is 106 cm³/mol. The number of nitrogens with one attached hydrogen (secondary N) is 1. The minimum Gasteiger partial charge on any atom is -0.354 e. The van der Waals surface area contributed by atoms with E-state index in [0.717, 1.165) is 29.1 Å². The molecule has 0 atom stereocenters. The molecule has 140 valence electrons. The molecule has 4 rings (SSSR count). The van der Waals surface area contributed by atoms with Crippen molar-refractivity contribution >= 4 is 17.2 Å². The molecular weight excluding hydrogens is 360 g/mol. The van der Waals surface area contributed by atoms with Crippen molar-refractivity contribution in [3.63, 3.8) is 0 Å². The van der Waals surface area contributed by atoms with Crippen molar-refractivity contribution in [1.29, 1.82) is 0 Å². The Balaban J connectivity index is 1.35. The molecular formula is C20H22N4O2S. The SMILES string of the molecule is O=C(CCc1ccccc1)NCCn1nc(-c2cccs2)n(C2CC2)c1=O. The zero-order valence-corrected chi connectivity index (χ0v) is 15.8. The third-order valence-electron chi connectivity index (χ3n) is 4.65. The van der Waals surface area contributed by atoms with E-state index in [9.17, 15) is 9.59 Å². The lowest BCUT2D eigenvalue weighted by Crippen LogP contribution is -2.32. The van der Waals surface area contributed by atoms with Crippen LogP contribution in [-0.2, 0) is 17.8 Å². The molecule has 2 aromatic heterocycles. The zero-order valence-electron chi connectivity index (χ0n) is 15.0. The molecule has 1 aromatic carbocycles. The summed E-state index contributed by atoms with van der Waals surface area (Å²) in [6.45, 7) is 0.785. The molecule has 3 aromatic rings. The van der Waals surface area contributed by atoms with Crippen molar-refractivity contribution < 1.29 is 4.79 Å². The standard InChI is InChI=1S/C20H22N4O2S/c25-18(11-8-15-5-2-1-3-6-15)21-12-13-23-20(26)24(16-9-10-16)19(22-23)17-7-4-14-27-17/h1-7,14,16H,8-13H2,(H,21,25). The number of aryl methyl sites for hydroxylation is 1. The molecule has 0 bridgehead atoms. The van der Waals surface area contributed by atoms with Crippen LogP contribution in [0.2, 0.25) is 0 Å². The third-order valence-corrected chi connectivity index (χ3v) is 5.52. The van der Waals surface area contributed by atoms with Gasteiger partial charge in [0.05, 0.1) is 11.4 Å². The van der Waals surface area contributed by atoms with Crippen molar-refractivity contribution in [2.75, 3.05) is 6.54 Å². The van der Waals surface area contributed by atoms with Gasteiger partial charge in [-0.3, -0.25) is 9.36 Å². The first-order valence-corrected chi connectivity index (χ1v) is 10.1. The summed E-state index contributed by atoms with van der Waals surface area (Å²) >= 11 is 1.59. The Morgan fingerprint density at radius 1 is 1.19 bits per heavy atom. The molecule has 1 N–H and O–H groups in total. The van der Waals surface area contributed by atoms with Crippen molar-refractivity contribution in [3.05, 3.63) is 63.9 Å². The van der Waals surface area contributed by atoms with Gasteiger partial charge in [0, 0.05) is 19.0 Å². The highest BCUT2D eigenvalue weighted by Crippen LogP contribution is 2.37. The molecule has 7 heteroatoms. The van der Waals surface area contributed by atoms with Gasteiger partial charge in [-0.1, -0.05) is 36.4 Å². The van der Waals surface area contributed by atoms with Crippen LogP contribution in [-0.4, -0.2) is 26.8 Å². The molecule has 1 saturated carbocycles. The van der Waals surface area contributed by atoms with Crippen LogP contribution >= 0.6 is 11.3 Å². The minimum atomic E-state index is -0.0839. The first-order valence-electron chi connectivity index (χ1n) is 9.26. The van der Waals surface area contributed by atoms with Gasteiger partial charge in [-0.05, 0) is 36.3 Å². The van der Waals surface area contributed by atoms with Gasteiger partial charge in [0.15, 0.2) is 5.82 Å². The van der Waals surface area contributed by atoms with Crippen LogP contribution in [0.3, 0.4) is 0 Å². The summed E-state index contributed by atoms with van der Waals surface area (Å²) in [7, 11) is 0. The summed E-state index contributed by atoms with van der Waals surface area (Å²) < 4.78 is 3.29. The summed E-state index contributed by atoms with van der Waals surface area (Å²) in [6, 6.07) is 14.2. The first kappa shape index (κ1) is 17.7. The van der Waals surface area contributed by atoms with E-state index >= 15 is 0 Å². The molecule has 2 heterocycles. The molecule has 0 radical (unpaired) electrons. The van der Waals surface area contributed by atoms with Crippen LogP contribution in [0, 0.1) is 0 Å². The number of hydrogen-bond donors (Lipinski definition) is 1. The molecule has 0 saturated heterocycles. The predicted octanol–water partition coefficient (Wildman–Crippen LogP) is 2.86. The zero-order chi connectivity index (χ0) is 18.6. The molecule has 0 unspecified atom stereocenters. The molecule has 0 spiro atoms. The molecule has 6 nitrogen and oxygen atoms in total. The van der Waals surface area contributed by atoms with Gasteiger partial charge in [-0.15, -0.1) is 16.4 Å². The number of carbonyl (C=O) groups excluding carboxylic acids is 1. The topological polar surface area (TPSA) is 68.9 Å². The highest BCUT2D eigenvalue weighted by Gasteiger charge is 2.30. The summed E-state index contributed by atoms with van der Waals surface area (Å²) in [5, 5.41) is 9.41. The van der Waals surface area contributed by atoms with Crippen LogP contribution in [0.4, 0.5) is 0 Å². The van der Waals surface area contributed by atoms with E-state index < -0.39 is 0 Å². The molecule has 1 aliphatic carbocycles. The smallest absolute Gasteiger partial charge is 0.346 e. The maximum Gasteiger partial charge on any atom is 0.346 e. The lowest BCUT2D eigenvalue weighted by atomic mass is 10.1. The molecule has 0 aliphatic heterocycles. The van der Waals surface area contributed by atoms with Gasteiger partial charge in [-0.25, -0.2) is 9.48 Å². The Hall–Kier alpha value is -2.67. The Bertz CT molecular complexity index is 956. The van der Waals surface area contributed by atoms with E-state index in [1.54, 1.807) is 11.3 Å². The van der Waals surface area contributed by atoms with E-state index in [2.05, 4.69) is 10.4 Å².